The Morgan fingerprint density at radius 3 is 3.10 bits per heavy atom. The summed E-state index contributed by atoms with van der Waals surface area (Å²) in [7, 11) is 0. The normalized spacial score (nSPS) is 10.0. The molecule has 0 N–H and O–H groups in total. The SMILES string of the molecule is [c]1nnc(-c2ccco2)o1. The third-order valence-electron chi connectivity index (χ3n) is 1.06. The first-order chi connectivity index (χ1) is 4.97. The third-order valence-corrected chi connectivity index (χ3v) is 1.06. The Balaban J connectivity index is 2.48. The Morgan fingerprint density at radius 2 is 2.50 bits per heavy atom. The second kappa shape index (κ2) is 1.98. The van der Waals surface area contributed by atoms with Gasteiger partial charge in [0.2, 0.25) is 0 Å². The molecule has 2 rings (SSSR count). The molecule has 0 amide bonds. The molecule has 0 aromatic carbocycles. The van der Waals surface area contributed by atoms with E-state index in [9.17, 15) is 0 Å². The molecule has 0 atom stereocenters. The van der Waals surface area contributed by atoms with Crippen molar-refractivity contribution in [1.82, 2.24) is 10.2 Å². The molecule has 2 heterocycles. The van der Waals surface area contributed by atoms with Gasteiger partial charge in [0.25, 0.3) is 5.89 Å². The summed E-state index contributed by atoms with van der Waals surface area (Å²) in [5, 5.41) is 6.97. The summed E-state index contributed by atoms with van der Waals surface area (Å²) in [6.45, 7) is 0. The van der Waals surface area contributed by atoms with Crippen molar-refractivity contribution in [2.45, 2.75) is 0 Å². The zero-order chi connectivity index (χ0) is 6.81. The molecule has 4 heteroatoms. The van der Waals surface area contributed by atoms with Crippen LogP contribution in [0.5, 0.6) is 0 Å². The van der Waals surface area contributed by atoms with Gasteiger partial charge in [-0.2, -0.15) is 0 Å². The Morgan fingerprint density at radius 1 is 1.50 bits per heavy atom. The molecule has 0 aliphatic carbocycles. The first kappa shape index (κ1) is 5.22. The summed E-state index contributed by atoms with van der Waals surface area (Å²) < 4.78 is 9.70. The maximum absolute atomic E-state index is 4.96. The average molecular weight is 135 g/mol. The van der Waals surface area contributed by atoms with E-state index in [1.807, 2.05) is 0 Å². The first-order valence-corrected chi connectivity index (χ1v) is 2.70. The highest BCUT2D eigenvalue weighted by atomic mass is 16.4. The van der Waals surface area contributed by atoms with Crippen LogP contribution in [0.4, 0.5) is 0 Å². The fourth-order valence-electron chi connectivity index (χ4n) is 0.650. The standard InChI is InChI=1S/C6H3N2O2/c1-2-5(9-3-1)6-8-7-4-10-6/h1-3H. The van der Waals surface area contributed by atoms with Gasteiger partial charge in [0.15, 0.2) is 5.76 Å². The van der Waals surface area contributed by atoms with Gasteiger partial charge in [-0.3, -0.25) is 0 Å². The molecular weight excluding hydrogens is 132 g/mol. The van der Waals surface area contributed by atoms with E-state index in [-0.39, 0.29) is 0 Å². The van der Waals surface area contributed by atoms with Gasteiger partial charge in [0.05, 0.1) is 6.26 Å². The maximum atomic E-state index is 4.96. The van der Waals surface area contributed by atoms with Gasteiger partial charge >= 0.3 is 6.39 Å². The lowest BCUT2D eigenvalue weighted by atomic mass is 10.5. The molecule has 0 unspecified atom stereocenters. The number of nitrogens with zero attached hydrogens (tertiary/aromatic N) is 2. The Labute approximate surface area is 56.5 Å². The molecule has 0 saturated carbocycles. The van der Waals surface area contributed by atoms with Crippen molar-refractivity contribution in [3.8, 4) is 11.7 Å². The zero-order valence-corrected chi connectivity index (χ0v) is 4.94. The number of rotatable bonds is 1. The minimum absolute atomic E-state index is 0.352. The fourth-order valence-corrected chi connectivity index (χ4v) is 0.650. The van der Waals surface area contributed by atoms with E-state index in [1.165, 1.54) is 0 Å². The predicted octanol–water partition coefficient (Wildman–Crippen LogP) is 1.13. The smallest absolute Gasteiger partial charge is 0.306 e. The topological polar surface area (TPSA) is 52.1 Å². The Kier molecular flexibility index (Phi) is 1.04. The van der Waals surface area contributed by atoms with Crippen LogP contribution in [-0.4, -0.2) is 10.2 Å². The molecule has 0 fully saturated rings. The number of furan rings is 1. The summed E-state index contributed by atoms with van der Waals surface area (Å²) in [5.74, 6) is 0.916. The van der Waals surface area contributed by atoms with E-state index in [0.29, 0.717) is 11.7 Å². The van der Waals surface area contributed by atoms with Gasteiger partial charge < -0.3 is 8.83 Å². The highest BCUT2D eigenvalue weighted by Crippen LogP contribution is 2.14. The molecule has 0 spiro atoms. The van der Waals surface area contributed by atoms with Crippen LogP contribution in [0, 0.1) is 6.39 Å². The molecule has 49 valence electrons. The lowest BCUT2D eigenvalue weighted by molar-refractivity contribution is 0.511. The Hall–Kier alpha value is -1.58. The van der Waals surface area contributed by atoms with Gasteiger partial charge in [-0.1, -0.05) is 0 Å². The molecule has 2 aromatic rings. The van der Waals surface area contributed by atoms with Gasteiger partial charge in [-0.05, 0) is 12.1 Å². The lowest BCUT2D eigenvalue weighted by Crippen LogP contribution is -1.70. The first-order valence-electron chi connectivity index (χ1n) is 2.70. The van der Waals surface area contributed by atoms with Crippen molar-refractivity contribution in [2.75, 3.05) is 0 Å². The van der Waals surface area contributed by atoms with Crippen molar-refractivity contribution in [3.63, 3.8) is 0 Å². The molecule has 4 nitrogen and oxygen atoms in total. The minimum Gasteiger partial charge on any atom is -0.459 e. The van der Waals surface area contributed by atoms with Crippen LogP contribution in [0.3, 0.4) is 0 Å². The molecule has 1 radical (unpaired) electrons. The summed E-state index contributed by atoms with van der Waals surface area (Å²) in [5.41, 5.74) is 0. The summed E-state index contributed by atoms with van der Waals surface area (Å²) >= 11 is 0. The summed E-state index contributed by atoms with van der Waals surface area (Å²) in [4.78, 5) is 0. The van der Waals surface area contributed by atoms with Crippen LogP contribution < -0.4 is 0 Å². The van der Waals surface area contributed by atoms with Crippen molar-refractivity contribution in [3.05, 3.63) is 24.8 Å². The van der Waals surface area contributed by atoms with Crippen LogP contribution in [-0.2, 0) is 0 Å². The van der Waals surface area contributed by atoms with Crippen LogP contribution in [0.15, 0.2) is 27.2 Å². The molecule has 0 aliphatic heterocycles. The van der Waals surface area contributed by atoms with Crippen molar-refractivity contribution in [1.29, 1.82) is 0 Å². The number of hydrogen-bond acceptors (Lipinski definition) is 4. The predicted molar refractivity (Wildman–Crippen MR) is 30.8 cm³/mol. The minimum atomic E-state index is 0.352. The molecule has 10 heavy (non-hydrogen) atoms. The van der Waals surface area contributed by atoms with Gasteiger partial charge in [-0.15, -0.1) is 10.2 Å². The highest BCUT2D eigenvalue weighted by Gasteiger charge is 2.04. The molecule has 0 aliphatic rings. The third kappa shape index (κ3) is 0.699. The van der Waals surface area contributed by atoms with E-state index >= 15 is 0 Å². The molecule has 0 bridgehead atoms. The van der Waals surface area contributed by atoms with Crippen LogP contribution in [0.25, 0.3) is 11.7 Å². The fraction of sp³-hybridized carbons (Fsp3) is 0. The van der Waals surface area contributed by atoms with E-state index in [0.717, 1.165) is 0 Å². The second-order valence-electron chi connectivity index (χ2n) is 1.68. The lowest BCUT2D eigenvalue weighted by Gasteiger charge is -1.80. The Bertz CT molecular complexity index is 253. The van der Waals surface area contributed by atoms with Crippen LogP contribution >= 0.6 is 0 Å². The largest absolute Gasteiger partial charge is 0.459 e. The maximum Gasteiger partial charge on any atom is 0.306 e. The number of hydrogen-bond donors (Lipinski definition) is 0. The van der Waals surface area contributed by atoms with Gasteiger partial charge in [0, 0.05) is 0 Å². The van der Waals surface area contributed by atoms with Gasteiger partial charge in [0.1, 0.15) is 0 Å². The van der Waals surface area contributed by atoms with Crippen LogP contribution in [0.2, 0.25) is 0 Å². The monoisotopic (exact) mass is 135 g/mol. The number of aromatic nitrogens is 2. The van der Waals surface area contributed by atoms with Crippen molar-refractivity contribution >= 4 is 0 Å². The van der Waals surface area contributed by atoms with Crippen LogP contribution in [0.1, 0.15) is 0 Å². The van der Waals surface area contributed by atoms with E-state index in [4.69, 9.17) is 8.83 Å². The van der Waals surface area contributed by atoms with E-state index in [2.05, 4.69) is 16.6 Å². The molecule has 0 saturated heterocycles. The second-order valence-corrected chi connectivity index (χ2v) is 1.68. The van der Waals surface area contributed by atoms with Gasteiger partial charge in [-0.25, -0.2) is 0 Å². The molecular formula is C6H3N2O2. The quantitative estimate of drug-likeness (QED) is 0.588. The van der Waals surface area contributed by atoms with Crippen molar-refractivity contribution in [2.24, 2.45) is 0 Å². The van der Waals surface area contributed by atoms with E-state index < -0.39 is 0 Å². The zero-order valence-electron chi connectivity index (χ0n) is 4.94. The average Bonchev–Trinajstić information content (AvgIpc) is 2.59. The molecule has 2 aromatic heterocycles. The van der Waals surface area contributed by atoms with E-state index in [1.54, 1.807) is 18.4 Å². The summed E-state index contributed by atoms with van der Waals surface area (Å²) in [6.07, 6.45) is 3.76. The van der Waals surface area contributed by atoms with Crippen molar-refractivity contribution < 1.29 is 8.83 Å². The highest BCUT2D eigenvalue weighted by molar-refractivity contribution is 5.41. The summed E-state index contributed by atoms with van der Waals surface area (Å²) in [6, 6.07) is 3.49.